The molecule has 0 aromatic rings. The third kappa shape index (κ3) is 4.54. The molecule has 2 aliphatic heterocycles. The van der Waals surface area contributed by atoms with Crippen molar-refractivity contribution in [3.05, 3.63) is 0 Å². The molecule has 2 atom stereocenters. The van der Waals surface area contributed by atoms with Gasteiger partial charge in [-0.3, -0.25) is 0 Å². The van der Waals surface area contributed by atoms with Gasteiger partial charge >= 0.3 is 0 Å². The normalized spacial score (nSPS) is 30.7. The van der Waals surface area contributed by atoms with Gasteiger partial charge in [-0.1, -0.05) is 6.92 Å². The Morgan fingerprint density at radius 1 is 1.29 bits per heavy atom. The number of ether oxygens (including phenoxy) is 2. The van der Waals surface area contributed by atoms with Crippen LogP contribution in [0.5, 0.6) is 0 Å². The second kappa shape index (κ2) is 7.31. The lowest BCUT2D eigenvalue weighted by atomic mass is 9.99. The molecule has 2 saturated heterocycles. The number of nitrogens with one attached hydrogen (secondary N) is 1. The molecule has 4 nitrogen and oxygen atoms in total. The molecule has 0 spiro atoms. The number of hydrogen-bond donors (Lipinski definition) is 1. The van der Waals surface area contributed by atoms with Crippen LogP contribution in [-0.4, -0.2) is 57.1 Å². The highest BCUT2D eigenvalue weighted by Gasteiger charge is 2.20. The molecule has 0 radical (unpaired) electrons. The Morgan fingerprint density at radius 3 is 2.88 bits per heavy atom. The fraction of sp³-hybridized carbons (Fsp3) is 1.00. The van der Waals surface area contributed by atoms with E-state index in [1.165, 1.54) is 32.5 Å². The summed E-state index contributed by atoms with van der Waals surface area (Å²) < 4.78 is 10.8. The zero-order valence-electron chi connectivity index (χ0n) is 11.0. The number of hydrogen-bond acceptors (Lipinski definition) is 4. The van der Waals surface area contributed by atoms with Crippen LogP contribution in [0.25, 0.3) is 0 Å². The van der Waals surface area contributed by atoms with Crippen molar-refractivity contribution in [1.82, 2.24) is 10.2 Å². The molecule has 2 unspecified atom stereocenters. The second-order valence-corrected chi connectivity index (χ2v) is 5.17. The highest BCUT2D eigenvalue weighted by atomic mass is 16.7. The summed E-state index contributed by atoms with van der Waals surface area (Å²) in [6.07, 6.45) is 4.12. The molecule has 2 fully saturated rings. The van der Waals surface area contributed by atoms with Gasteiger partial charge in [0.25, 0.3) is 0 Å². The third-order valence-corrected chi connectivity index (χ3v) is 3.80. The van der Waals surface area contributed by atoms with Crippen LogP contribution in [0.3, 0.4) is 0 Å². The van der Waals surface area contributed by atoms with Gasteiger partial charge in [-0.2, -0.15) is 0 Å². The lowest BCUT2D eigenvalue weighted by Crippen LogP contribution is -2.42. The van der Waals surface area contributed by atoms with Crippen molar-refractivity contribution < 1.29 is 9.47 Å². The summed E-state index contributed by atoms with van der Waals surface area (Å²) in [4.78, 5) is 2.54. The first kappa shape index (κ1) is 13.3. The van der Waals surface area contributed by atoms with Crippen molar-refractivity contribution in [1.29, 1.82) is 0 Å². The van der Waals surface area contributed by atoms with Crippen molar-refractivity contribution in [3.63, 3.8) is 0 Å². The number of rotatable bonds is 5. The molecular formula is C13H26N2O2. The molecule has 0 bridgehead atoms. The van der Waals surface area contributed by atoms with Crippen molar-refractivity contribution in [2.24, 2.45) is 5.92 Å². The maximum atomic E-state index is 5.62. The summed E-state index contributed by atoms with van der Waals surface area (Å²) in [5, 5.41) is 3.49. The van der Waals surface area contributed by atoms with Gasteiger partial charge in [0, 0.05) is 13.1 Å². The van der Waals surface area contributed by atoms with Crippen LogP contribution >= 0.6 is 0 Å². The number of piperidine rings is 1. The Kier molecular flexibility index (Phi) is 5.71. The fourth-order valence-corrected chi connectivity index (χ4v) is 2.71. The van der Waals surface area contributed by atoms with Crippen LogP contribution in [0.15, 0.2) is 0 Å². The molecule has 2 aliphatic rings. The minimum Gasteiger partial charge on any atom is -0.355 e. The van der Waals surface area contributed by atoms with E-state index in [1.807, 2.05) is 0 Å². The molecule has 1 N–H and O–H groups in total. The predicted molar refractivity (Wildman–Crippen MR) is 68.0 cm³/mol. The van der Waals surface area contributed by atoms with Gasteiger partial charge in [0.2, 0.25) is 0 Å². The topological polar surface area (TPSA) is 33.7 Å². The van der Waals surface area contributed by atoms with Crippen LogP contribution in [0.2, 0.25) is 0 Å². The van der Waals surface area contributed by atoms with Gasteiger partial charge in [0.1, 0.15) is 6.79 Å². The van der Waals surface area contributed by atoms with Crippen molar-refractivity contribution >= 4 is 0 Å². The first-order valence-electron chi connectivity index (χ1n) is 7.01. The molecule has 4 heteroatoms. The molecule has 0 aliphatic carbocycles. The van der Waals surface area contributed by atoms with Crippen LogP contribution in [0, 0.1) is 5.92 Å². The van der Waals surface area contributed by atoms with E-state index in [-0.39, 0.29) is 0 Å². The number of likely N-dealkylation sites (N-methyl/N-ethyl adjacent to an activating group) is 1. The van der Waals surface area contributed by atoms with Crippen molar-refractivity contribution in [3.8, 4) is 0 Å². The zero-order valence-corrected chi connectivity index (χ0v) is 11.0. The quantitative estimate of drug-likeness (QED) is 0.782. The van der Waals surface area contributed by atoms with E-state index in [1.54, 1.807) is 0 Å². The van der Waals surface area contributed by atoms with Crippen LogP contribution in [0.4, 0.5) is 0 Å². The minimum absolute atomic E-state index is 0.375. The summed E-state index contributed by atoms with van der Waals surface area (Å²) in [7, 11) is 0. The van der Waals surface area contributed by atoms with Crippen molar-refractivity contribution in [2.45, 2.75) is 32.3 Å². The van der Waals surface area contributed by atoms with Gasteiger partial charge < -0.3 is 19.7 Å². The molecule has 0 aromatic carbocycles. The molecular weight excluding hydrogens is 216 g/mol. The summed E-state index contributed by atoms with van der Waals surface area (Å²) in [5.74, 6) is 0.823. The van der Waals surface area contributed by atoms with Crippen molar-refractivity contribution in [2.75, 3.05) is 46.1 Å². The largest absolute Gasteiger partial charge is 0.355 e. The van der Waals surface area contributed by atoms with Crippen LogP contribution < -0.4 is 5.32 Å². The number of nitrogens with zero attached hydrogens (tertiary/aromatic N) is 1. The molecule has 17 heavy (non-hydrogen) atoms. The maximum absolute atomic E-state index is 5.62. The van der Waals surface area contributed by atoms with Crippen LogP contribution in [-0.2, 0) is 9.47 Å². The lowest BCUT2D eigenvalue weighted by molar-refractivity contribution is -0.144. The summed E-state index contributed by atoms with van der Waals surface area (Å²) >= 11 is 0. The molecule has 0 saturated carbocycles. The van der Waals surface area contributed by atoms with E-state index in [4.69, 9.17) is 9.47 Å². The van der Waals surface area contributed by atoms with Crippen LogP contribution in [0.1, 0.15) is 26.2 Å². The minimum atomic E-state index is 0.375. The van der Waals surface area contributed by atoms with E-state index in [0.717, 1.165) is 32.0 Å². The first-order chi connectivity index (χ1) is 8.38. The summed E-state index contributed by atoms with van der Waals surface area (Å²) in [5.41, 5.74) is 0. The SMILES string of the molecule is CCN(CC1CCCNC1)CC1CCOCO1. The Balaban J connectivity index is 1.71. The fourth-order valence-electron chi connectivity index (χ4n) is 2.71. The van der Waals surface area contributed by atoms with Gasteiger partial charge in [-0.25, -0.2) is 0 Å². The second-order valence-electron chi connectivity index (χ2n) is 5.17. The van der Waals surface area contributed by atoms with E-state index in [9.17, 15) is 0 Å². The Labute approximate surface area is 105 Å². The van der Waals surface area contributed by atoms with Gasteiger partial charge in [0.05, 0.1) is 12.7 Å². The monoisotopic (exact) mass is 242 g/mol. The zero-order chi connectivity index (χ0) is 11.9. The van der Waals surface area contributed by atoms with Gasteiger partial charge in [0.15, 0.2) is 0 Å². The predicted octanol–water partition coefficient (Wildman–Crippen LogP) is 1.07. The third-order valence-electron chi connectivity index (χ3n) is 3.80. The Bertz CT molecular complexity index is 182. The maximum Gasteiger partial charge on any atom is 0.147 e. The Morgan fingerprint density at radius 2 is 2.24 bits per heavy atom. The van der Waals surface area contributed by atoms with Gasteiger partial charge in [-0.05, 0) is 44.8 Å². The average molecular weight is 242 g/mol. The molecule has 0 amide bonds. The first-order valence-corrected chi connectivity index (χ1v) is 7.01. The van der Waals surface area contributed by atoms with E-state index in [2.05, 4.69) is 17.1 Å². The highest BCUT2D eigenvalue weighted by molar-refractivity contribution is 4.75. The molecule has 0 aromatic heterocycles. The molecule has 100 valence electrons. The highest BCUT2D eigenvalue weighted by Crippen LogP contribution is 2.14. The van der Waals surface area contributed by atoms with Gasteiger partial charge in [-0.15, -0.1) is 0 Å². The summed E-state index contributed by atoms with van der Waals surface area (Å²) in [6, 6.07) is 0. The molecule has 2 rings (SSSR count). The average Bonchev–Trinajstić information content (AvgIpc) is 2.40. The van der Waals surface area contributed by atoms with E-state index < -0.39 is 0 Å². The van der Waals surface area contributed by atoms with E-state index in [0.29, 0.717) is 12.9 Å². The lowest BCUT2D eigenvalue weighted by Gasteiger charge is -2.33. The smallest absolute Gasteiger partial charge is 0.147 e. The summed E-state index contributed by atoms with van der Waals surface area (Å²) in [6.45, 7) is 9.37. The molecule has 2 heterocycles. The Hall–Kier alpha value is -0.160. The standard InChI is InChI=1S/C13H26N2O2/c1-2-15(9-12-4-3-6-14-8-12)10-13-5-7-16-11-17-13/h12-14H,2-11H2,1H3. The van der Waals surface area contributed by atoms with E-state index >= 15 is 0 Å².